The number of hydrazone groups is 1. The Kier molecular flexibility index (Phi) is 3.68. The van der Waals surface area contributed by atoms with Crippen molar-refractivity contribution in [3.8, 4) is 0 Å². The van der Waals surface area contributed by atoms with Crippen molar-refractivity contribution in [1.29, 1.82) is 0 Å². The first-order chi connectivity index (χ1) is 6.15. The number of thiol groups is 1. The number of hydrogen-bond acceptors (Lipinski definition) is 6. The van der Waals surface area contributed by atoms with E-state index < -0.39 is 0 Å². The van der Waals surface area contributed by atoms with E-state index in [0.717, 1.165) is 17.5 Å². The first kappa shape index (κ1) is 10.5. The lowest BCUT2D eigenvalue weighted by Gasteiger charge is -2.16. The number of allylic oxidation sites excluding steroid dienone is 1. The smallest absolute Gasteiger partial charge is 0.346 e. The van der Waals surface area contributed by atoms with Crippen LogP contribution >= 0.6 is 24.8 Å². The van der Waals surface area contributed by atoms with Crippen LogP contribution in [-0.4, -0.2) is 22.6 Å². The van der Waals surface area contributed by atoms with Crippen molar-refractivity contribution < 1.29 is 9.53 Å². The van der Waals surface area contributed by atoms with Crippen molar-refractivity contribution in [2.75, 3.05) is 6.61 Å². The van der Waals surface area contributed by atoms with Crippen molar-refractivity contribution in [3.05, 3.63) is 10.5 Å². The number of carbonyl (C=O) groups is 1. The van der Waals surface area contributed by atoms with E-state index in [1.165, 1.54) is 3.82 Å². The second-order valence-electron chi connectivity index (χ2n) is 2.32. The number of nitrogens with zero attached hydrogens (tertiary/aromatic N) is 2. The Morgan fingerprint density at radius 3 is 3.15 bits per heavy atom. The van der Waals surface area contributed by atoms with Crippen LogP contribution in [0.3, 0.4) is 0 Å². The first-order valence-corrected chi connectivity index (χ1v) is 4.91. The van der Waals surface area contributed by atoms with Crippen LogP contribution in [0.15, 0.2) is 15.6 Å². The number of rotatable bonds is 2. The molecule has 0 unspecified atom stereocenters. The zero-order valence-electron chi connectivity index (χ0n) is 7.35. The molecule has 0 atom stereocenters. The fourth-order valence-corrected chi connectivity index (χ4v) is 1.65. The molecule has 0 spiro atoms. The van der Waals surface area contributed by atoms with E-state index in [4.69, 9.17) is 4.74 Å². The normalized spacial score (nSPS) is 16.4. The third-order valence-corrected chi connectivity index (χ3v) is 2.62. The van der Waals surface area contributed by atoms with E-state index in [1.807, 2.05) is 6.92 Å². The van der Waals surface area contributed by atoms with Gasteiger partial charge in [-0.1, -0.05) is 0 Å². The summed E-state index contributed by atoms with van der Waals surface area (Å²) in [5.74, 6) is -0.324. The van der Waals surface area contributed by atoms with Crippen LogP contribution in [-0.2, 0) is 9.53 Å². The fraction of sp³-hybridized carbons (Fsp3) is 0.429. The van der Waals surface area contributed by atoms with Crippen LogP contribution in [0.4, 0.5) is 0 Å². The van der Waals surface area contributed by atoms with Crippen LogP contribution in [0.1, 0.15) is 13.8 Å². The molecule has 0 saturated heterocycles. The summed E-state index contributed by atoms with van der Waals surface area (Å²) in [7, 11) is 0. The Balaban J connectivity index is 2.77. The van der Waals surface area contributed by atoms with Crippen molar-refractivity contribution in [1.82, 2.24) is 3.82 Å². The Morgan fingerprint density at radius 2 is 2.54 bits per heavy atom. The highest BCUT2D eigenvalue weighted by Crippen LogP contribution is 2.29. The maximum atomic E-state index is 11.3. The summed E-state index contributed by atoms with van der Waals surface area (Å²) < 4.78 is 6.18. The molecule has 0 bridgehead atoms. The summed E-state index contributed by atoms with van der Waals surface area (Å²) in [6.45, 7) is 3.96. The third-order valence-electron chi connectivity index (χ3n) is 1.34. The Labute approximate surface area is 86.7 Å². The van der Waals surface area contributed by atoms with Gasteiger partial charge in [-0.05, 0) is 32.2 Å². The molecule has 0 radical (unpaired) electrons. The minimum Gasteiger partial charge on any atom is -0.462 e. The molecule has 0 aromatic carbocycles. The lowest BCUT2D eigenvalue weighted by molar-refractivity contribution is -0.137. The van der Waals surface area contributed by atoms with Gasteiger partial charge in [0, 0.05) is 11.9 Å². The van der Waals surface area contributed by atoms with Gasteiger partial charge in [0.1, 0.15) is 4.91 Å². The lowest BCUT2D eigenvalue weighted by Crippen LogP contribution is -2.13. The molecule has 1 aliphatic heterocycles. The molecule has 1 heterocycles. The highest BCUT2D eigenvalue weighted by atomic mass is 32.2. The van der Waals surface area contributed by atoms with E-state index >= 15 is 0 Å². The van der Waals surface area contributed by atoms with E-state index in [2.05, 4.69) is 17.9 Å². The molecule has 0 N–H and O–H groups in total. The second kappa shape index (κ2) is 4.57. The molecule has 13 heavy (non-hydrogen) atoms. The van der Waals surface area contributed by atoms with Crippen LogP contribution in [0.2, 0.25) is 0 Å². The minimum atomic E-state index is -0.324. The zero-order valence-corrected chi connectivity index (χ0v) is 9.06. The van der Waals surface area contributed by atoms with Gasteiger partial charge in [-0.2, -0.15) is 8.92 Å². The molecule has 1 rings (SSSR count). The molecule has 6 heteroatoms. The Hall–Kier alpha value is -0.620. The molecular formula is C7H10N2O2S2. The number of carbonyl (C=O) groups excluding carboxylic acids is 1. The molecule has 0 saturated carbocycles. The Bertz CT molecular complexity index is 276. The molecule has 0 aliphatic carbocycles. The van der Waals surface area contributed by atoms with Crippen molar-refractivity contribution in [2.45, 2.75) is 13.8 Å². The van der Waals surface area contributed by atoms with Crippen LogP contribution in [0.5, 0.6) is 0 Å². The molecule has 1 aliphatic rings. The lowest BCUT2D eigenvalue weighted by atomic mass is 10.3. The van der Waals surface area contributed by atoms with Crippen molar-refractivity contribution >= 4 is 36.9 Å². The maximum Gasteiger partial charge on any atom is 0.346 e. The van der Waals surface area contributed by atoms with E-state index in [-0.39, 0.29) is 5.97 Å². The van der Waals surface area contributed by atoms with Gasteiger partial charge in [0.05, 0.1) is 12.8 Å². The van der Waals surface area contributed by atoms with Gasteiger partial charge in [0.25, 0.3) is 0 Å². The average Bonchev–Trinajstić information content (AvgIpc) is 2.09. The first-order valence-electron chi connectivity index (χ1n) is 3.74. The quantitative estimate of drug-likeness (QED) is 0.434. The molecule has 0 aromatic heterocycles. The predicted molar refractivity (Wildman–Crippen MR) is 56.2 cm³/mol. The summed E-state index contributed by atoms with van der Waals surface area (Å²) in [6.07, 6.45) is 1.58. The standard InChI is InChI=1S/C7H10N2O2S2/c1-3-11-7(10)6-5(2)4-8-9(12)13-6/h4,12H,3H2,1-2H3. The summed E-state index contributed by atoms with van der Waals surface area (Å²) >= 11 is 5.13. The third kappa shape index (κ3) is 2.67. The topological polar surface area (TPSA) is 41.9 Å². The van der Waals surface area contributed by atoms with Gasteiger partial charge < -0.3 is 4.74 Å². The second-order valence-corrected chi connectivity index (χ2v) is 3.91. The predicted octanol–water partition coefficient (Wildman–Crippen LogP) is 1.62. The molecule has 72 valence electrons. The summed E-state index contributed by atoms with van der Waals surface area (Å²) in [5, 5.41) is 3.87. The van der Waals surface area contributed by atoms with E-state index in [0.29, 0.717) is 11.5 Å². The number of esters is 1. The largest absolute Gasteiger partial charge is 0.462 e. The zero-order chi connectivity index (χ0) is 9.84. The van der Waals surface area contributed by atoms with Crippen LogP contribution < -0.4 is 0 Å². The highest BCUT2D eigenvalue weighted by Gasteiger charge is 2.19. The summed E-state index contributed by atoms with van der Waals surface area (Å²) in [5.41, 5.74) is 0.800. The van der Waals surface area contributed by atoms with E-state index in [9.17, 15) is 4.79 Å². The monoisotopic (exact) mass is 218 g/mol. The summed E-state index contributed by atoms with van der Waals surface area (Å²) in [4.78, 5) is 11.9. The number of hydrogen-bond donors (Lipinski definition) is 1. The van der Waals surface area contributed by atoms with E-state index in [1.54, 1.807) is 13.1 Å². The highest BCUT2D eigenvalue weighted by molar-refractivity contribution is 8.09. The Morgan fingerprint density at radius 1 is 1.85 bits per heavy atom. The average molecular weight is 218 g/mol. The maximum absolute atomic E-state index is 11.3. The SMILES string of the molecule is CCOC(=O)C1=C(C)C=NN(S)S1. The molecule has 0 fully saturated rings. The molecular weight excluding hydrogens is 208 g/mol. The van der Waals surface area contributed by atoms with Gasteiger partial charge >= 0.3 is 5.97 Å². The minimum absolute atomic E-state index is 0.324. The fourth-order valence-electron chi connectivity index (χ4n) is 0.767. The van der Waals surface area contributed by atoms with Gasteiger partial charge in [-0.25, -0.2) is 4.79 Å². The van der Waals surface area contributed by atoms with Crippen LogP contribution in [0, 0.1) is 0 Å². The molecule has 0 aromatic rings. The van der Waals surface area contributed by atoms with Gasteiger partial charge in [0.15, 0.2) is 0 Å². The van der Waals surface area contributed by atoms with Crippen LogP contribution in [0.25, 0.3) is 0 Å². The van der Waals surface area contributed by atoms with Gasteiger partial charge in [-0.3, -0.25) is 0 Å². The summed E-state index contributed by atoms with van der Waals surface area (Å²) in [6, 6.07) is 0. The van der Waals surface area contributed by atoms with Crippen molar-refractivity contribution in [2.24, 2.45) is 5.10 Å². The molecule has 0 amide bonds. The van der Waals surface area contributed by atoms with Crippen molar-refractivity contribution in [3.63, 3.8) is 0 Å². The number of ether oxygens (including phenoxy) is 1. The molecule has 4 nitrogen and oxygen atoms in total. The van der Waals surface area contributed by atoms with Gasteiger partial charge in [-0.15, -0.1) is 0 Å². The van der Waals surface area contributed by atoms with Gasteiger partial charge in [0.2, 0.25) is 0 Å².